The largest absolute Gasteiger partial charge is 0.373 e. The molecule has 2 fully saturated rings. The van der Waals surface area contributed by atoms with Crippen LogP contribution in [0.3, 0.4) is 0 Å². The third kappa shape index (κ3) is 1.96. The lowest BCUT2D eigenvalue weighted by Crippen LogP contribution is -2.31. The molecule has 2 saturated heterocycles. The van der Waals surface area contributed by atoms with Gasteiger partial charge in [0.2, 0.25) is 5.95 Å². The van der Waals surface area contributed by atoms with Crippen molar-refractivity contribution in [1.82, 2.24) is 20.2 Å². The molecular formula is C14H17N5O. The SMILES string of the molecule is Cc1ccc(-n2nnnc2N[C@H]2C[C@H]3CC[C@@H]2O3)cc1. The van der Waals surface area contributed by atoms with Crippen molar-refractivity contribution in [2.24, 2.45) is 0 Å². The van der Waals surface area contributed by atoms with Crippen LogP contribution < -0.4 is 5.32 Å². The molecule has 1 aromatic heterocycles. The van der Waals surface area contributed by atoms with Crippen LogP contribution in [0, 0.1) is 6.92 Å². The van der Waals surface area contributed by atoms with Gasteiger partial charge in [0.25, 0.3) is 0 Å². The predicted molar refractivity (Wildman–Crippen MR) is 73.8 cm³/mol. The summed E-state index contributed by atoms with van der Waals surface area (Å²) in [4.78, 5) is 0. The normalized spacial score (nSPS) is 27.9. The maximum Gasteiger partial charge on any atom is 0.248 e. The number of ether oxygens (including phenoxy) is 1. The van der Waals surface area contributed by atoms with Gasteiger partial charge in [-0.15, -0.1) is 0 Å². The van der Waals surface area contributed by atoms with Gasteiger partial charge in [-0.3, -0.25) is 0 Å². The van der Waals surface area contributed by atoms with Gasteiger partial charge in [0.15, 0.2) is 0 Å². The van der Waals surface area contributed by atoms with E-state index < -0.39 is 0 Å². The van der Waals surface area contributed by atoms with Crippen LogP contribution in [0.4, 0.5) is 5.95 Å². The number of tetrazole rings is 1. The van der Waals surface area contributed by atoms with Crippen LogP contribution >= 0.6 is 0 Å². The van der Waals surface area contributed by atoms with Crippen molar-refractivity contribution in [2.75, 3.05) is 5.32 Å². The first-order valence-corrected chi connectivity index (χ1v) is 7.07. The average Bonchev–Trinajstić information content (AvgIpc) is 3.16. The molecule has 0 aliphatic carbocycles. The topological polar surface area (TPSA) is 64.9 Å². The second-order valence-electron chi connectivity index (χ2n) is 5.61. The molecule has 4 rings (SSSR count). The van der Waals surface area contributed by atoms with E-state index in [1.54, 1.807) is 4.68 Å². The van der Waals surface area contributed by atoms with E-state index in [2.05, 4.69) is 39.9 Å². The second kappa shape index (κ2) is 4.56. The Morgan fingerprint density at radius 2 is 2.10 bits per heavy atom. The molecule has 1 aromatic carbocycles. The standard InChI is InChI=1S/C14H17N5O/c1-9-2-4-10(5-3-9)19-14(16-17-18-19)15-12-8-11-6-7-13(12)20-11/h2-5,11-13H,6-8H2,1H3,(H,15,16,18)/t11-,12+,13+/m1/s1. The Balaban J connectivity index is 1.57. The number of aromatic nitrogens is 4. The molecule has 1 N–H and O–H groups in total. The third-order valence-electron chi connectivity index (χ3n) is 4.17. The van der Waals surface area contributed by atoms with Gasteiger partial charge in [0.05, 0.1) is 23.9 Å². The van der Waals surface area contributed by atoms with Crippen LogP contribution in [0.2, 0.25) is 0 Å². The van der Waals surface area contributed by atoms with Crippen LogP contribution in [-0.4, -0.2) is 38.5 Å². The highest BCUT2D eigenvalue weighted by atomic mass is 16.5. The zero-order valence-corrected chi connectivity index (χ0v) is 11.4. The molecule has 2 bridgehead atoms. The molecule has 104 valence electrons. The van der Waals surface area contributed by atoms with E-state index >= 15 is 0 Å². The summed E-state index contributed by atoms with van der Waals surface area (Å²) < 4.78 is 7.60. The molecule has 2 aliphatic rings. The van der Waals surface area contributed by atoms with E-state index in [1.807, 2.05) is 12.1 Å². The van der Waals surface area contributed by atoms with Gasteiger partial charge in [-0.1, -0.05) is 22.8 Å². The fraction of sp³-hybridized carbons (Fsp3) is 0.500. The number of aryl methyl sites for hydroxylation is 1. The Hall–Kier alpha value is -1.95. The van der Waals surface area contributed by atoms with Gasteiger partial charge in [-0.25, -0.2) is 0 Å². The average molecular weight is 271 g/mol. The summed E-state index contributed by atoms with van der Waals surface area (Å²) in [5, 5.41) is 15.4. The molecule has 20 heavy (non-hydrogen) atoms. The van der Waals surface area contributed by atoms with E-state index in [1.165, 1.54) is 12.0 Å². The van der Waals surface area contributed by atoms with Gasteiger partial charge < -0.3 is 10.1 Å². The van der Waals surface area contributed by atoms with Gasteiger partial charge in [-0.2, -0.15) is 4.68 Å². The van der Waals surface area contributed by atoms with Crippen LogP contribution in [0.1, 0.15) is 24.8 Å². The minimum atomic E-state index is 0.308. The number of fused-ring (bicyclic) bond motifs is 2. The molecule has 0 amide bonds. The minimum Gasteiger partial charge on any atom is -0.373 e. The number of nitrogens with one attached hydrogen (secondary N) is 1. The smallest absolute Gasteiger partial charge is 0.248 e. The Morgan fingerprint density at radius 3 is 2.80 bits per heavy atom. The number of benzene rings is 1. The Bertz CT molecular complexity index is 608. The molecule has 3 atom stereocenters. The summed E-state index contributed by atoms with van der Waals surface area (Å²) in [5.74, 6) is 0.690. The van der Waals surface area contributed by atoms with Crippen molar-refractivity contribution in [1.29, 1.82) is 0 Å². The molecule has 0 spiro atoms. The van der Waals surface area contributed by atoms with Gasteiger partial charge in [0.1, 0.15) is 0 Å². The van der Waals surface area contributed by atoms with Gasteiger partial charge in [-0.05, 0) is 48.7 Å². The second-order valence-corrected chi connectivity index (χ2v) is 5.61. The minimum absolute atomic E-state index is 0.308. The highest BCUT2D eigenvalue weighted by molar-refractivity contribution is 5.40. The molecule has 0 saturated carbocycles. The maximum atomic E-state index is 5.85. The molecule has 2 aliphatic heterocycles. The van der Waals surface area contributed by atoms with Crippen LogP contribution in [0.15, 0.2) is 24.3 Å². The van der Waals surface area contributed by atoms with E-state index in [0.29, 0.717) is 24.2 Å². The number of rotatable bonds is 3. The summed E-state index contributed by atoms with van der Waals surface area (Å²) >= 11 is 0. The number of hydrogen-bond donors (Lipinski definition) is 1. The maximum absolute atomic E-state index is 5.85. The Morgan fingerprint density at radius 1 is 1.25 bits per heavy atom. The van der Waals surface area contributed by atoms with Crippen molar-refractivity contribution in [3.05, 3.63) is 29.8 Å². The van der Waals surface area contributed by atoms with Crippen LogP contribution in [0.25, 0.3) is 5.69 Å². The number of hydrogen-bond acceptors (Lipinski definition) is 5. The first-order chi connectivity index (χ1) is 9.79. The van der Waals surface area contributed by atoms with Crippen molar-refractivity contribution < 1.29 is 4.74 Å². The summed E-state index contributed by atoms with van der Waals surface area (Å²) in [5.41, 5.74) is 2.19. The van der Waals surface area contributed by atoms with Crippen molar-refractivity contribution >= 4 is 5.95 Å². The zero-order chi connectivity index (χ0) is 13.5. The Labute approximate surface area is 117 Å². The van der Waals surface area contributed by atoms with Crippen LogP contribution in [0.5, 0.6) is 0 Å². The summed E-state index contributed by atoms with van der Waals surface area (Å²) in [6, 6.07) is 8.48. The zero-order valence-electron chi connectivity index (χ0n) is 11.4. The highest BCUT2D eigenvalue weighted by Gasteiger charge is 2.41. The molecule has 0 unspecified atom stereocenters. The molecule has 2 aromatic rings. The highest BCUT2D eigenvalue weighted by Crippen LogP contribution is 2.35. The van der Waals surface area contributed by atoms with Crippen LogP contribution in [-0.2, 0) is 4.74 Å². The van der Waals surface area contributed by atoms with Crippen molar-refractivity contribution in [3.8, 4) is 5.69 Å². The summed E-state index contributed by atoms with van der Waals surface area (Å²) in [7, 11) is 0. The lowest BCUT2D eigenvalue weighted by atomic mass is 9.96. The third-order valence-corrected chi connectivity index (χ3v) is 4.17. The van der Waals surface area contributed by atoms with Gasteiger partial charge in [0, 0.05) is 0 Å². The first-order valence-electron chi connectivity index (χ1n) is 7.07. The van der Waals surface area contributed by atoms with Crippen molar-refractivity contribution in [3.63, 3.8) is 0 Å². The lowest BCUT2D eigenvalue weighted by Gasteiger charge is -2.20. The fourth-order valence-electron chi connectivity index (χ4n) is 3.09. The van der Waals surface area contributed by atoms with E-state index in [4.69, 9.17) is 4.74 Å². The predicted octanol–water partition coefficient (Wildman–Crippen LogP) is 1.70. The molecule has 3 heterocycles. The number of anilines is 1. The van der Waals surface area contributed by atoms with Gasteiger partial charge >= 0.3 is 0 Å². The first kappa shape index (κ1) is 11.8. The van der Waals surface area contributed by atoms with Crippen molar-refractivity contribution in [2.45, 2.75) is 44.4 Å². The molecule has 6 nitrogen and oxygen atoms in total. The molecule has 6 heteroatoms. The Kier molecular flexibility index (Phi) is 2.70. The molecule has 0 radical (unpaired) electrons. The fourth-order valence-corrected chi connectivity index (χ4v) is 3.09. The van der Waals surface area contributed by atoms with E-state index in [9.17, 15) is 0 Å². The summed E-state index contributed by atoms with van der Waals surface area (Å²) in [6.07, 6.45) is 4.09. The lowest BCUT2D eigenvalue weighted by molar-refractivity contribution is 0.102. The van der Waals surface area contributed by atoms with E-state index in [0.717, 1.165) is 18.5 Å². The number of nitrogens with zero attached hydrogens (tertiary/aromatic N) is 4. The molecular weight excluding hydrogens is 254 g/mol. The summed E-state index contributed by atoms with van der Waals surface area (Å²) in [6.45, 7) is 2.06. The monoisotopic (exact) mass is 271 g/mol. The quantitative estimate of drug-likeness (QED) is 0.920. The van der Waals surface area contributed by atoms with E-state index in [-0.39, 0.29) is 0 Å².